The molecule has 4 nitrogen and oxygen atoms in total. The van der Waals surface area contributed by atoms with Gasteiger partial charge < -0.3 is 10.6 Å². The summed E-state index contributed by atoms with van der Waals surface area (Å²) in [7, 11) is 0. The van der Waals surface area contributed by atoms with Gasteiger partial charge >= 0.3 is 0 Å². The number of nitrogens with one attached hydrogen (secondary N) is 2. The number of carbonyl (C=O) groups excluding carboxylic acids is 1. The van der Waals surface area contributed by atoms with Crippen LogP contribution in [0.1, 0.15) is 40.4 Å². The first-order valence-electron chi connectivity index (χ1n) is 7.82. The molecule has 1 fully saturated rings. The highest BCUT2D eigenvalue weighted by molar-refractivity contribution is 5.94. The molecule has 2 N–H and O–H groups in total. The highest BCUT2D eigenvalue weighted by atomic mass is 16.1. The van der Waals surface area contributed by atoms with Gasteiger partial charge in [0, 0.05) is 18.3 Å². The van der Waals surface area contributed by atoms with Gasteiger partial charge in [-0.25, -0.2) is 0 Å². The Hall–Kier alpha value is -2.20. The average Bonchev–Trinajstić information content (AvgIpc) is 2.61. The van der Waals surface area contributed by atoms with E-state index in [0.717, 1.165) is 18.8 Å². The quantitative estimate of drug-likeness (QED) is 0.911. The van der Waals surface area contributed by atoms with Gasteiger partial charge in [-0.1, -0.05) is 18.2 Å². The Morgan fingerprint density at radius 2 is 2.09 bits per heavy atom. The van der Waals surface area contributed by atoms with Crippen molar-refractivity contribution in [3.8, 4) is 0 Å². The topological polar surface area (TPSA) is 54.0 Å². The molecule has 0 spiro atoms. The monoisotopic (exact) mass is 295 g/mol. The van der Waals surface area contributed by atoms with E-state index < -0.39 is 0 Å². The third kappa shape index (κ3) is 3.71. The molecule has 1 saturated heterocycles. The van der Waals surface area contributed by atoms with Crippen LogP contribution in [-0.2, 0) is 6.54 Å². The summed E-state index contributed by atoms with van der Waals surface area (Å²) in [5.74, 6) is 0.512. The summed E-state index contributed by atoms with van der Waals surface area (Å²) >= 11 is 0. The lowest BCUT2D eigenvalue weighted by Gasteiger charge is -2.23. The first-order chi connectivity index (χ1) is 10.8. The number of pyridine rings is 1. The molecule has 0 radical (unpaired) electrons. The van der Waals surface area contributed by atoms with Crippen LogP contribution in [0.15, 0.2) is 48.7 Å². The van der Waals surface area contributed by atoms with Gasteiger partial charge in [-0.15, -0.1) is 0 Å². The van der Waals surface area contributed by atoms with Crippen LogP contribution in [-0.4, -0.2) is 24.0 Å². The zero-order chi connectivity index (χ0) is 15.2. The number of hydrogen-bond acceptors (Lipinski definition) is 3. The van der Waals surface area contributed by atoms with Crippen LogP contribution in [0.5, 0.6) is 0 Å². The van der Waals surface area contributed by atoms with Gasteiger partial charge in [0.15, 0.2) is 0 Å². The van der Waals surface area contributed by atoms with E-state index in [1.54, 1.807) is 6.20 Å². The predicted molar refractivity (Wildman–Crippen MR) is 86.7 cm³/mol. The maximum atomic E-state index is 12.2. The molecule has 22 heavy (non-hydrogen) atoms. The van der Waals surface area contributed by atoms with Crippen LogP contribution < -0.4 is 10.6 Å². The minimum Gasteiger partial charge on any atom is -0.346 e. The number of piperidine rings is 1. The predicted octanol–water partition coefficient (Wildman–Crippen LogP) is 2.48. The van der Waals surface area contributed by atoms with Crippen molar-refractivity contribution >= 4 is 5.91 Å². The van der Waals surface area contributed by atoms with Crippen molar-refractivity contribution in [2.24, 2.45) is 0 Å². The van der Waals surface area contributed by atoms with E-state index >= 15 is 0 Å². The summed E-state index contributed by atoms with van der Waals surface area (Å²) in [5, 5.41) is 6.32. The van der Waals surface area contributed by atoms with E-state index in [4.69, 9.17) is 0 Å². The lowest BCUT2D eigenvalue weighted by molar-refractivity contribution is 0.0950. The van der Waals surface area contributed by atoms with Gasteiger partial charge in [0.1, 0.15) is 0 Å². The number of rotatable bonds is 4. The second kappa shape index (κ2) is 7.18. The van der Waals surface area contributed by atoms with Crippen molar-refractivity contribution in [1.29, 1.82) is 0 Å². The summed E-state index contributed by atoms with van der Waals surface area (Å²) in [6, 6.07) is 13.7. The molecule has 114 valence electrons. The third-order valence-corrected chi connectivity index (χ3v) is 4.10. The molecule has 1 aromatic heterocycles. The van der Waals surface area contributed by atoms with Crippen molar-refractivity contribution in [2.75, 3.05) is 13.1 Å². The number of hydrogen-bond donors (Lipinski definition) is 2. The van der Waals surface area contributed by atoms with Crippen LogP contribution in [0.4, 0.5) is 0 Å². The number of benzene rings is 1. The molecule has 1 aromatic carbocycles. The van der Waals surface area contributed by atoms with E-state index in [0.29, 0.717) is 18.0 Å². The molecule has 0 unspecified atom stereocenters. The van der Waals surface area contributed by atoms with Crippen LogP contribution >= 0.6 is 0 Å². The molecular formula is C18H21N3O. The van der Waals surface area contributed by atoms with Crippen LogP contribution in [0.25, 0.3) is 0 Å². The molecular weight excluding hydrogens is 274 g/mol. The smallest absolute Gasteiger partial charge is 0.251 e. The minimum absolute atomic E-state index is 0.0565. The van der Waals surface area contributed by atoms with Gasteiger partial charge in [-0.3, -0.25) is 9.78 Å². The average molecular weight is 295 g/mol. The molecule has 1 aliphatic rings. The highest BCUT2D eigenvalue weighted by Crippen LogP contribution is 2.23. The highest BCUT2D eigenvalue weighted by Gasteiger charge is 2.15. The molecule has 1 aliphatic heterocycles. The molecule has 1 atom stereocenters. The zero-order valence-electron chi connectivity index (χ0n) is 12.6. The largest absolute Gasteiger partial charge is 0.346 e. The number of nitrogens with zero attached hydrogens (tertiary/aromatic N) is 1. The molecule has 0 aliphatic carbocycles. The zero-order valence-corrected chi connectivity index (χ0v) is 12.6. The fourth-order valence-corrected chi connectivity index (χ4v) is 2.82. The Morgan fingerprint density at radius 1 is 1.23 bits per heavy atom. The van der Waals surface area contributed by atoms with Crippen molar-refractivity contribution in [3.63, 3.8) is 0 Å². The maximum absolute atomic E-state index is 12.2. The first kappa shape index (κ1) is 14.7. The van der Waals surface area contributed by atoms with Crippen molar-refractivity contribution < 1.29 is 4.79 Å². The van der Waals surface area contributed by atoms with Crippen molar-refractivity contribution in [2.45, 2.75) is 25.3 Å². The summed E-state index contributed by atoms with van der Waals surface area (Å²) in [6.45, 7) is 2.60. The fourth-order valence-electron chi connectivity index (χ4n) is 2.82. The van der Waals surface area contributed by atoms with Crippen LogP contribution in [0, 0.1) is 0 Å². The van der Waals surface area contributed by atoms with Gasteiger partial charge in [-0.05, 0) is 55.1 Å². The Bertz CT molecular complexity index is 604. The molecule has 0 bridgehead atoms. The van der Waals surface area contributed by atoms with E-state index in [1.165, 1.54) is 18.4 Å². The summed E-state index contributed by atoms with van der Waals surface area (Å²) in [5.41, 5.74) is 2.87. The second-order valence-electron chi connectivity index (χ2n) is 5.67. The van der Waals surface area contributed by atoms with Crippen LogP contribution in [0.3, 0.4) is 0 Å². The molecule has 4 heteroatoms. The molecule has 2 aromatic rings. The van der Waals surface area contributed by atoms with Gasteiger partial charge in [0.25, 0.3) is 5.91 Å². The minimum atomic E-state index is -0.0565. The van der Waals surface area contributed by atoms with Crippen molar-refractivity contribution in [1.82, 2.24) is 15.6 Å². The number of carbonyl (C=O) groups is 1. The van der Waals surface area contributed by atoms with E-state index in [-0.39, 0.29) is 5.91 Å². The first-order valence-corrected chi connectivity index (χ1v) is 7.82. The standard InChI is InChI=1S/C18H21N3O/c22-18(21-13-17-5-1-2-11-20-17)15-8-6-14(7-9-15)16-4-3-10-19-12-16/h1-2,5-9,11,16,19H,3-4,10,12-13H2,(H,21,22)/t16-/m0/s1. The third-order valence-electron chi connectivity index (χ3n) is 4.10. The van der Waals surface area contributed by atoms with Crippen molar-refractivity contribution in [3.05, 3.63) is 65.5 Å². The Morgan fingerprint density at radius 3 is 2.77 bits per heavy atom. The SMILES string of the molecule is O=C(NCc1ccccn1)c1ccc([C@H]2CCCNC2)cc1. The van der Waals surface area contributed by atoms with E-state index in [9.17, 15) is 4.79 Å². The molecule has 0 saturated carbocycles. The number of aromatic nitrogens is 1. The Kier molecular flexibility index (Phi) is 4.81. The van der Waals surface area contributed by atoms with Gasteiger partial charge in [-0.2, -0.15) is 0 Å². The van der Waals surface area contributed by atoms with Crippen LogP contribution in [0.2, 0.25) is 0 Å². The van der Waals surface area contributed by atoms with Gasteiger partial charge in [0.2, 0.25) is 0 Å². The Balaban J connectivity index is 1.58. The molecule has 3 rings (SSSR count). The lowest BCUT2D eigenvalue weighted by Crippen LogP contribution is -2.28. The van der Waals surface area contributed by atoms with E-state index in [2.05, 4.69) is 27.8 Å². The van der Waals surface area contributed by atoms with E-state index in [1.807, 2.05) is 30.3 Å². The molecule has 2 heterocycles. The van der Waals surface area contributed by atoms with Gasteiger partial charge in [0.05, 0.1) is 12.2 Å². The maximum Gasteiger partial charge on any atom is 0.251 e. The summed E-state index contributed by atoms with van der Waals surface area (Å²) in [6.07, 6.45) is 4.17. The summed E-state index contributed by atoms with van der Waals surface area (Å²) < 4.78 is 0. The number of amides is 1. The second-order valence-corrected chi connectivity index (χ2v) is 5.67. The Labute approximate surface area is 131 Å². The lowest BCUT2D eigenvalue weighted by atomic mass is 9.91. The summed E-state index contributed by atoms with van der Waals surface area (Å²) in [4.78, 5) is 16.4. The fraction of sp³-hybridized carbons (Fsp3) is 0.333. The normalized spacial score (nSPS) is 17.9. The molecule has 1 amide bonds.